The number of thioether (sulfide) groups is 1. The second-order valence-corrected chi connectivity index (χ2v) is 9.23. The third kappa shape index (κ3) is 4.67. The van der Waals surface area contributed by atoms with Gasteiger partial charge in [0.15, 0.2) is 0 Å². The lowest BCUT2D eigenvalue weighted by molar-refractivity contribution is -0.234. The van der Waals surface area contributed by atoms with Crippen LogP contribution in [-0.4, -0.2) is 41.1 Å². The van der Waals surface area contributed by atoms with Crippen molar-refractivity contribution in [1.82, 2.24) is 4.72 Å². The van der Waals surface area contributed by atoms with Crippen LogP contribution in [0.15, 0.2) is 23.1 Å². The Balaban J connectivity index is 3.20. The van der Waals surface area contributed by atoms with Gasteiger partial charge in [-0.15, -0.1) is 0 Å². The minimum atomic E-state index is -5.69. The fraction of sp³-hybridized carbons (Fsp3) is 0.429. The van der Waals surface area contributed by atoms with Crippen LogP contribution in [0.25, 0.3) is 0 Å². The van der Waals surface area contributed by atoms with E-state index in [4.69, 9.17) is 0 Å². The van der Waals surface area contributed by atoms with Gasteiger partial charge in [-0.2, -0.15) is 35.1 Å². The van der Waals surface area contributed by atoms with Crippen molar-refractivity contribution in [2.75, 3.05) is 7.05 Å². The van der Waals surface area contributed by atoms with Gasteiger partial charge in [0.1, 0.15) is 11.6 Å². The quantitative estimate of drug-likeness (QED) is 0.310. The van der Waals surface area contributed by atoms with E-state index < -0.39 is 66.5 Å². The Morgan fingerprint density at radius 3 is 1.93 bits per heavy atom. The molecule has 0 saturated carbocycles. The van der Waals surface area contributed by atoms with E-state index in [9.17, 15) is 43.9 Å². The van der Waals surface area contributed by atoms with Gasteiger partial charge < -0.3 is 0 Å². The Kier molecular flexibility index (Phi) is 6.56. The van der Waals surface area contributed by atoms with Crippen molar-refractivity contribution in [2.45, 2.75) is 33.7 Å². The van der Waals surface area contributed by atoms with Gasteiger partial charge in [0.05, 0.1) is 6.42 Å². The van der Waals surface area contributed by atoms with E-state index in [1.165, 1.54) is 0 Å². The van der Waals surface area contributed by atoms with E-state index in [0.717, 1.165) is 7.05 Å². The third-order valence-corrected chi connectivity index (χ3v) is 6.48. The Morgan fingerprint density at radius 2 is 1.48 bits per heavy atom. The minimum Gasteiger partial charge on any atom is -0.274 e. The molecule has 1 aromatic carbocycles. The van der Waals surface area contributed by atoms with Crippen LogP contribution in [-0.2, 0) is 0 Å². The van der Waals surface area contributed by atoms with Crippen LogP contribution < -0.4 is 4.72 Å². The highest BCUT2D eigenvalue weighted by Gasteiger charge is 2.68. The lowest BCUT2D eigenvalue weighted by Crippen LogP contribution is -2.50. The molecule has 0 atom stereocenters. The van der Waals surface area contributed by atoms with Crippen LogP contribution in [0.4, 0.5) is 43.9 Å². The predicted molar refractivity (Wildman–Crippen MR) is 87.5 cm³/mol. The first-order valence-electron chi connectivity index (χ1n) is 6.73. The average Bonchev–Trinajstić information content (AvgIpc) is 2.48. The summed E-state index contributed by atoms with van der Waals surface area (Å²) >= 11 is -1.19. The van der Waals surface area contributed by atoms with Crippen molar-refractivity contribution in [3.05, 3.63) is 29.8 Å². The highest BCUT2D eigenvalue weighted by Crippen LogP contribution is 2.57. The summed E-state index contributed by atoms with van der Waals surface area (Å²) in [5.74, 6) is -8.73. The van der Waals surface area contributed by atoms with Gasteiger partial charge in [-0.3, -0.25) is 4.72 Å². The van der Waals surface area contributed by atoms with E-state index in [2.05, 4.69) is 11.7 Å². The molecule has 1 rings (SSSR count). The number of hydrogen-bond donors (Lipinski definition) is 1. The number of alkyl halides is 8. The maximum atomic E-state index is 13.8. The van der Waals surface area contributed by atoms with Crippen LogP contribution in [0.3, 0.4) is 0 Å². The molecule has 27 heavy (non-hydrogen) atoms. The van der Waals surface area contributed by atoms with E-state index in [1.54, 1.807) is 4.72 Å². The lowest BCUT2D eigenvalue weighted by Gasteiger charge is -2.35. The van der Waals surface area contributed by atoms with Crippen LogP contribution in [0.1, 0.15) is 6.42 Å². The summed E-state index contributed by atoms with van der Waals surface area (Å²) in [7, 11) is -3.39. The molecule has 13 heteroatoms. The van der Waals surface area contributed by atoms with Crippen molar-refractivity contribution in [3.63, 3.8) is 0 Å². The van der Waals surface area contributed by atoms with Crippen molar-refractivity contribution in [2.24, 2.45) is 0 Å². The maximum Gasteiger partial charge on any atom is 0.360 e. The average molecular weight is 449 g/mol. The molecule has 0 aliphatic heterocycles. The number of halogens is 10. The second kappa shape index (κ2) is 7.39. The van der Waals surface area contributed by atoms with Gasteiger partial charge >= 0.3 is 22.4 Å². The Bertz CT molecular complexity index is 789. The molecule has 0 heterocycles. The van der Waals surface area contributed by atoms with Gasteiger partial charge in [-0.25, -0.2) is 8.78 Å². The fourth-order valence-corrected chi connectivity index (χ4v) is 3.36. The molecule has 0 saturated heterocycles. The topological polar surface area (TPSA) is 12.0 Å². The largest absolute Gasteiger partial charge is 0.360 e. The van der Waals surface area contributed by atoms with E-state index in [1.807, 2.05) is 0 Å². The molecule has 0 aliphatic carbocycles. The number of rotatable bonds is 8. The molecule has 0 unspecified atom stereocenters. The van der Waals surface area contributed by atoms with Crippen molar-refractivity contribution in [3.8, 4) is 0 Å². The molecule has 1 aromatic rings. The molecule has 0 aliphatic rings. The molecule has 0 aromatic heterocycles. The zero-order valence-corrected chi connectivity index (χ0v) is 15.1. The summed E-state index contributed by atoms with van der Waals surface area (Å²) in [5, 5.41) is -10.7. The summed E-state index contributed by atoms with van der Waals surface area (Å²) in [6.07, 6.45) is -3.25. The van der Waals surface area contributed by atoms with Gasteiger partial charge in [0.2, 0.25) is 0 Å². The molecule has 1 N–H and O–H groups in total. The van der Waals surface area contributed by atoms with Crippen molar-refractivity contribution >= 4 is 32.9 Å². The monoisotopic (exact) mass is 449 g/mol. The second-order valence-electron chi connectivity index (χ2n) is 5.38. The first kappa shape index (κ1) is 24.0. The Labute approximate surface area is 152 Å². The highest BCUT2D eigenvalue weighted by molar-refractivity contribution is 8.27. The van der Waals surface area contributed by atoms with Crippen LogP contribution in [0, 0.1) is 11.6 Å². The zero-order valence-electron chi connectivity index (χ0n) is 13.4. The van der Waals surface area contributed by atoms with Gasteiger partial charge in [0, 0.05) is 11.0 Å². The highest BCUT2D eigenvalue weighted by atomic mass is 32.2. The van der Waals surface area contributed by atoms with Gasteiger partial charge in [-0.05, 0) is 30.9 Å². The van der Waals surface area contributed by atoms with Gasteiger partial charge in [0.25, 0.3) is 0 Å². The van der Waals surface area contributed by atoms with Crippen molar-refractivity contribution in [1.29, 1.82) is 0 Å². The molecule has 0 radical (unpaired) electrons. The predicted octanol–water partition coefficient (Wildman–Crippen LogP) is 5.71. The smallest absolute Gasteiger partial charge is 0.274 e. The van der Waals surface area contributed by atoms with Crippen LogP contribution >= 0.6 is 21.2 Å². The van der Waals surface area contributed by atoms with Crippen molar-refractivity contribution < 1.29 is 43.9 Å². The summed E-state index contributed by atoms with van der Waals surface area (Å²) in [5.41, 5.74) is 0. The molecule has 0 spiro atoms. The normalized spacial score (nSPS) is 14.5. The molecule has 156 valence electrons. The molecule has 0 amide bonds. The first-order chi connectivity index (χ1) is 11.9. The molecule has 0 bridgehead atoms. The molecular weight excluding hydrogens is 436 g/mol. The summed E-state index contributed by atoms with van der Waals surface area (Å²) in [6, 6.07) is 0.960. The fourth-order valence-electron chi connectivity index (χ4n) is 1.67. The van der Waals surface area contributed by atoms with E-state index in [0.29, 0.717) is 12.1 Å². The third-order valence-electron chi connectivity index (χ3n) is 3.31. The Hall–Kier alpha value is -1.08. The molecule has 0 fully saturated rings. The number of nitrogens with one attached hydrogen (secondary N) is 1. The molecular formula is C14H13F10NS2. The molecule has 1 nitrogen and oxygen atoms in total. The summed E-state index contributed by atoms with van der Waals surface area (Å²) in [4.78, 5) is -1.18. The standard InChI is InChI=1S/C14H13F10NS2/c1-25-27(2,3)14(23,24)12(19,20)7-11(17,18)13(21,22)26-10-5-4-8(15)6-9(10)16/h4-6,25H,2-3,7H2,1H3. The number of benzene rings is 1. The maximum absolute atomic E-state index is 13.8. The Morgan fingerprint density at radius 1 is 0.963 bits per heavy atom. The van der Waals surface area contributed by atoms with E-state index in [-0.39, 0.29) is 6.07 Å². The van der Waals surface area contributed by atoms with Crippen LogP contribution in [0.5, 0.6) is 0 Å². The first-order valence-corrected chi connectivity index (χ1v) is 9.52. The lowest BCUT2D eigenvalue weighted by atomic mass is 10.1. The number of hydrogen-bond acceptors (Lipinski definition) is 2. The van der Waals surface area contributed by atoms with E-state index >= 15 is 0 Å². The summed E-state index contributed by atoms with van der Waals surface area (Å²) < 4.78 is 138. The summed E-state index contributed by atoms with van der Waals surface area (Å²) in [6.45, 7) is 0. The van der Waals surface area contributed by atoms with Crippen LogP contribution in [0.2, 0.25) is 0 Å². The minimum absolute atomic E-state index is 0.107. The van der Waals surface area contributed by atoms with Gasteiger partial charge in [-0.1, -0.05) is 21.1 Å². The SMILES string of the molecule is C=S(=C)(NC)C(F)(F)C(F)(F)CC(F)(F)C(F)(F)Sc1ccc(F)cc1F. The zero-order chi connectivity index (χ0) is 21.5.